The molecule has 0 saturated carbocycles. The molecule has 1 aliphatic rings. The van der Waals surface area contributed by atoms with Crippen LogP contribution in [0.4, 0.5) is 0 Å². The van der Waals surface area contributed by atoms with E-state index < -0.39 is 0 Å². The molecule has 4 rings (SSSR count). The van der Waals surface area contributed by atoms with Crippen LogP contribution in [0.5, 0.6) is 0 Å². The second-order valence-corrected chi connectivity index (χ2v) is 9.22. The number of hydrogen-bond acceptors (Lipinski definition) is 5. The number of piperazine rings is 1. The second kappa shape index (κ2) is 10.2. The summed E-state index contributed by atoms with van der Waals surface area (Å²) in [5.41, 5.74) is 5.59. The number of rotatable bonds is 7. The highest BCUT2D eigenvalue weighted by atomic mass is 32.1. The quantitative estimate of drug-likeness (QED) is 0.616. The van der Waals surface area contributed by atoms with Crippen LogP contribution < -0.4 is 5.32 Å². The number of nitrogens with zero attached hydrogens (tertiary/aromatic N) is 3. The molecule has 1 amide bonds. The van der Waals surface area contributed by atoms with Gasteiger partial charge < -0.3 is 10.2 Å². The standard InChI is InChI=1S/C25H30N4OS/c1-19-3-5-20(6-4-19)16-26-24(30)15-23-18-31-25(27-23)22-9-7-21(8-10-22)17-29-13-11-28(2)12-14-29/h3-10,18H,11-17H2,1-2H3,(H,26,30). The Hall–Kier alpha value is -2.54. The van der Waals surface area contributed by atoms with Crippen LogP contribution in [-0.2, 0) is 24.3 Å². The molecular formula is C25H30N4OS. The van der Waals surface area contributed by atoms with Gasteiger partial charge in [-0.2, -0.15) is 0 Å². The Morgan fingerprint density at radius 3 is 2.39 bits per heavy atom. The number of aryl methyl sites for hydroxylation is 1. The summed E-state index contributed by atoms with van der Waals surface area (Å²) in [6.45, 7) is 8.13. The highest BCUT2D eigenvalue weighted by molar-refractivity contribution is 7.13. The Bertz CT molecular complexity index is 989. The summed E-state index contributed by atoms with van der Waals surface area (Å²) < 4.78 is 0. The van der Waals surface area contributed by atoms with Gasteiger partial charge in [-0.25, -0.2) is 4.98 Å². The van der Waals surface area contributed by atoms with E-state index in [2.05, 4.69) is 70.5 Å². The van der Waals surface area contributed by atoms with Crippen molar-refractivity contribution in [2.24, 2.45) is 0 Å². The molecule has 1 fully saturated rings. The minimum atomic E-state index is -0.0000469. The Morgan fingerprint density at radius 1 is 1.00 bits per heavy atom. The summed E-state index contributed by atoms with van der Waals surface area (Å²) in [4.78, 5) is 21.9. The first-order valence-corrected chi connectivity index (χ1v) is 11.7. The SMILES string of the molecule is Cc1ccc(CNC(=O)Cc2csc(-c3ccc(CN4CCN(C)CC4)cc3)n2)cc1. The zero-order valence-electron chi connectivity index (χ0n) is 18.3. The third-order valence-corrected chi connectivity index (χ3v) is 6.65. The van der Waals surface area contributed by atoms with Crippen molar-refractivity contribution in [1.82, 2.24) is 20.1 Å². The molecule has 1 aromatic heterocycles. The van der Waals surface area contributed by atoms with E-state index in [4.69, 9.17) is 0 Å². The van der Waals surface area contributed by atoms with Gasteiger partial charge in [0.1, 0.15) is 5.01 Å². The first-order chi connectivity index (χ1) is 15.0. The fourth-order valence-corrected chi connectivity index (χ4v) is 4.50. The number of carbonyl (C=O) groups excluding carboxylic acids is 1. The van der Waals surface area contributed by atoms with Crippen LogP contribution in [0.15, 0.2) is 53.9 Å². The van der Waals surface area contributed by atoms with E-state index in [0.717, 1.165) is 54.6 Å². The molecule has 0 radical (unpaired) electrons. The van der Waals surface area contributed by atoms with Crippen molar-refractivity contribution < 1.29 is 4.79 Å². The molecule has 0 atom stereocenters. The number of hydrogen-bond donors (Lipinski definition) is 1. The van der Waals surface area contributed by atoms with Crippen LogP contribution in [0, 0.1) is 6.92 Å². The third-order valence-electron chi connectivity index (χ3n) is 5.71. The van der Waals surface area contributed by atoms with Gasteiger partial charge in [0.15, 0.2) is 0 Å². The van der Waals surface area contributed by atoms with Crippen LogP contribution in [0.25, 0.3) is 10.6 Å². The molecule has 2 aromatic carbocycles. The number of benzene rings is 2. The summed E-state index contributed by atoms with van der Waals surface area (Å²) in [7, 11) is 2.18. The van der Waals surface area contributed by atoms with Crippen molar-refractivity contribution in [2.75, 3.05) is 33.2 Å². The average Bonchev–Trinajstić information content (AvgIpc) is 3.24. The van der Waals surface area contributed by atoms with Crippen LogP contribution in [0.2, 0.25) is 0 Å². The molecule has 1 N–H and O–H groups in total. The van der Waals surface area contributed by atoms with Gasteiger partial charge in [-0.15, -0.1) is 11.3 Å². The topological polar surface area (TPSA) is 48.5 Å². The Kier molecular flexibility index (Phi) is 7.12. The van der Waals surface area contributed by atoms with Crippen molar-refractivity contribution in [3.63, 3.8) is 0 Å². The number of nitrogens with one attached hydrogen (secondary N) is 1. The number of aromatic nitrogens is 1. The summed E-state index contributed by atoms with van der Waals surface area (Å²) in [5.74, 6) is -0.0000469. The van der Waals surface area contributed by atoms with Gasteiger partial charge in [-0.05, 0) is 25.1 Å². The minimum absolute atomic E-state index is 0.0000469. The summed E-state index contributed by atoms with van der Waals surface area (Å²) in [5, 5.41) is 5.93. The molecule has 162 valence electrons. The largest absolute Gasteiger partial charge is 0.352 e. The van der Waals surface area contributed by atoms with E-state index in [1.165, 1.54) is 11.1 Å². The summed E-state index contributed by atoms with van der Waals surface area (Å²) >= 11 is 1.60. The fraction of sp³-hybridized carbons (Fsp3) is 0.360. The molecule has 1 saturated heterocycles. The van der Waals surface area contributed by atoms with Crippen molar-refractivity contribution in [1.29, 1.82) is 0 Å². The lowest BCUT2D eigenvalue weighted by Gasteiger charge is -2.32. The maximum absolute atomic E-state index is 12.3. The van der Waals surface area contributed by atoms with Gasteiger partial charge >= 0.3 is 0 Å². The molecule has 0 bridgehead atoms. The van der Waals surface area contributed by atoms with E-state index in [-0.39, 0.29) is 5.91 Å². The van der Waals surface area contributed by atoms with Crippen LogP contribution >= 0.6 is 11.3 Å². The zero-order valence-corrected chi connectivity index (χ0v) is 19.1. The predicted octanol–water partition coefficient (Wildman–Crippen LogP) is 3.72. The first-order valence-electron chi connectivity index (χ1n) is 10.8. The number of carbonyl (C=O) groups is 1. The Morgan fingerprint density at radius 2 is 1.68 bits per heavy atom. The third kappa shape index (κ3) is 6.23. The van der Waals surface area contributed by atoms with Crippen LogP contribution in [0.3, 0.4) is 0 Å². The van der Waals surface area contributed by atoms with Gasteiger partial charge in [0, 0.05) is 50.2 Å². The molecule has 31 heavy (non-hydrogen) atoms. The molecule has 1 aliphatic heterocycles. The number of likely N-dealkylation sites (N-methyl/N-ethyl adjacent to an activating group) is 1. The summed E-state index contributed by atoms with van der Waals surface area (Å²) in [6.07, 6.45) is 0.309. The minimum Gasteiger partial charge on any atom is -0.352 e. The normalized spacial score (nSPS) is 15.2. The van der Waals surface area contributed by atoms with E-state index in [1.807, 2.05) is 17.5 Å². The molecule has 5 nitrogen and oxygen atoms in total. The summed E-state index contributed by atoms with van der Waals surface area (Å²) in [6, 6.07) is 16.9. The molecule has 0 unspecified atom stereocenters. The second-order valence-electron chi connectivity index (χ2n) is 8.36. The molecule has 0 spiro atoms. The fourth-order valence-electron chi connectivity index (χ4n) is 3.67. The van der Waals surface area contributed by atoms with Crippen LogP contribution in [0.1, 0.15) is 22.4 Å². The smallest absolute Gasteiger partial charge is 0.226 e. The lowest BCUT2D eigenvalue weighted by Crippen LogP contribution is -2.43. The maximum Gasteiger partial charge on any atom is 0.226 e. The average molecular weight is 435 g/mol. The molecule has 6 heteroatoms. The Balaban J connectivity index is 1.28. The van der Waals surface area contributed by atoms with Crippen molar-refractivity contribution in [3.8, 4) is 10.6 Å². The molecule has 0 aliphatic carbocycles. The number of amides is 1. The van der Waals surface area contributed by atoms with E-state index >= 15 is 0 Å². The van der Waals surface area contributed by atoms with Crippen LogP contribution in [-0.4, -0.2) is 53.9 Å². The monoisotopic (exact) mass is 434 g/mol. The van der Waals surface area contributed by atoms with Gasteiger partial charge in [-0.1, -0.05) is 54.1 Å². The van der Waals surface area contributed by atoms with Gasteiger partial charge in [-0.3, -0.25) is 9.69 Å². The molecule has 3 aromatic rings. The first kappa shape index (κ1) is 21.7. The maximum atomic E-state index is 12.3. The molecular weight excluding hydrogens is 404 g/mol. The van der Waals surface area contributed by atoms with Crippen molar-refractivity contribution >= 4 is 17.2 Å². The van der Waals surface area contributed by atoms with Gasteiger partial charge in [0.2, 0.25) is 5.91 Å². The Labute approximate surface area is 188 Å². The van der Waals surface area contributed by atoms with E-state index in [0.29, 0.717) is 13.0 Å². The highest BCUT2D eigenvalue weighted by Crippen LogP contribution is 2.24. The van der Waals surface area contributed by atoms with E-state index in [9.17, 15) is 4.79 Å². The van der Waals surface area contributed by atoms with E-state index in [1.54, 1.807) is 11.3 Å². The highest BCUT2D eigenvalue weighted by Gasteiger charge is 2.14. The predicted molar refractivity (Wildman–Crippen MR) is 127 cm³/mol. The van der Waals surface area contributed by atoms with Crippen molar-refractivity contribution in [3.05, 3.63) is 76.3 Å². The lowest BCUT2D eigenvalue weighted by atomic mass is 10.1. The van der Waals surface area contributed by atoms with Gasteiger partial charge in [0.05, 0.1) is 12.1 Å². The number of thiazole rings is 1. The lowest BCUT2D eigenvalue weighted by molar-refractivity contribution is -0.120. The molecule has 2 heterocycles. The zero-order chi connectivity index (χ0) is 21.6. The van der Waals surface area contributed by atoms with Gasteiger partial charge in [0.25, 0.3) is 0 Å². The van der Waals surface area contributed by atoms with Crippen molar-refractivity contribution in [2.45, 2.75) is 26.4 Å².